The van der Waals surface area contributed by atoms with Crippen LogP contribution in [-0.4, -0.2) is 30.6 Å². The van der Waals surface area contributed by atoms with Gasteiger partial charge in [-0.05, 0) is 43.5 Å². The molecular formula is C20H19F2N3O2. The predicted molar refractivity (Wildman–Crippen MR) is 97.7 cm³/mol. The fraction of sp³-hybridized carbons (Fsp3) is 0.300. The van der Waals surface area contributed by atoms with Gasteiger partial charge in [-0.25, -0.2) is 13.6 Å². The zero-order chi connectivity index (χ0) is 19.1. The number of fused-ring (bicyclic) bond motifs is 1. The second kappa shape index (κ2) is 6.64. The highest BCUT2D eigenvalue weighted by atomic mass is 19.1. The van der Waals surface area contributed by atoms with Gasteiger partial charge in [0.15, 0.2) is 0 Å². The lowest BCUT2D eigenvalue weighted by atomic mass is 10.1. The number of rotatable bonds is 2. The van der Waals surface area contributed by atoms with Crippen LogP contribution in [-0.2, 0) is 11.2 Å². The molecule has 1 saturated heterocycles. The van der Waals surface area contributed by atoms with E-state index in [1.54, 1.807) is 4.90 Å². The van der Waals surface area contributed by atoms with Crippen molar-refractivity contribution in [3.05, 3.63) is 59.7 Å². The minimum atomic E-state index is -0.809. The second-order valence-electron chi connectivity index (χ2n) is 6.90. The number of urea groups is 1. The van der Waals surface area contributed by atoms with E-state index in [4.69, 9.17) is 0 Å². The van der Waals surface area contributed by atoms with E-state index in [9.17, 15) is 18.4 Å². The Kier molecular flexibility index (Phi) is 4.30. The van der Waals surface area contributed by atoms with Crippen LogP contribution in [0.2, 0.25) is 0 Å². The third-order valence-electron chi connectivity index (χ3n) is 5.14. The van der Waals surface area contributed by atoms with Gasteiger partial charge in [-0.2, -0.15) is 0 Å². The topological polar surface area (TPSA) is 52.7 Å². The summed E-state index contributed by atoms with van der Waals surface area (Å²) in [5.74, 6) is -2.10. The number of halogens is 2. The second-order valence-corrected chi connectivity index (χ2v) is 6.90. The van der Waals surface area contributed by atoms with Crippen molar-refractivity contribution in [2.24, 2.45) is 0 Å². The molecule has 0 bridgehead atoms. The number of nitrogens with zero attached hydrogens (tertiary/aromatic N) is 2. The highest BCUT2D eigenvalue weighted by Gasteiger charge is 2.38. The smallest absolute Gasteiger partial charge is 0.322 e. The maximum atomic E-state index is 14.0. The number of carbonyl (C=O) groups is 2. The molecule has 0 aliphatic carbocycles. The molecule has 140 valence electrons. The summed E-state index contributed by atoms with van der Waals surface area (Å²) in [6.45, 7) is 2.09. The zero-order valence-electron chi connectivity index (χ0n) is 14.8. The van der Waals surface area contributed by atoms with Crippen LogP contribution in [0.1, 0.15) is 18.9 Å². The van der Waals surface area contributed by atoms with Gasteiger partial charge >= 0.3 is 6.03 Å². The zero-order valence-corrected chi connectivity index (χ0v) is 14.8. The molecule has 0 saturated carbocycles. The first-order chi connectivity index (χ1) is 13.0. The maximum Gasteiger partial charge on any atom is 0.322 e. The van der Waals surface area contributed by atoms with Crippen molar-refractivity contribution in [1.82, 2.24) is 5.32 Å². The average molecular weight is 371 g/mol. The molecule has 4 rings (SSSR count). The fourth-order valence-electron chi connectivity index (χ4n) is 3.88. The van der Waals surface area contributed by atoms with E-state index in [1.807, 2.05) is 31.2 Å². The summed E-state index contributed by atoms with van der Waals surface area (Å²) in [5, 5.41) is 2.73. The summed E-state index contributed by atoms with van der Waals surface area (Å²) in [6.07, 6.45) is 1.04. The molecule has 2 unspecified atom stereocenters. The van der Waals surface area contributed by atoms with Gasteiger partial charge in [-0.15, -0.1) is 0 Å². The quantitative estimate of drug-likeness (QED) is 0.881. The van der Waals surface area contributed by atoms with Crippen molar-refractivity contribution < 1.29 is 18.4 Å². The van der Waals surface area contributed by atoms with Crippen LogP contribution in [0.3, 0.4) is 0 Å². The van der Waals surface area contributed by atoms with Crippen LogP contribution in [0.15, 0.2) is 42.5 Å². The van der Waals surface area contributed by atoms with Crippen molar-refractivity contribution in [2.45, 2.75) is 31.8 Å². The molecule has 27 heavy (non-hydrogen) atoms. The van der Waals surface area contributed by atoms with Crippen LogP contribution >= 0.6 is 0 Å². The van der Waals surface area contributed by atoms with Crippen molar-refractivity contribution in [3.63, 3.8) is 0 Å². The summed E-state index contributed by atoms with van der Waals surface area (Å²) >= 11 is 0. The largest absolute Gasteiger partial charge is 0.326 e. The molecular weight excluding hydrogens is 352 g/mol. The Morgan fingerprint density at radius 3 is 2.56 bits per heavy atom. The van der Waals surface area contributed by atoms with E-state index < -0.39 is 23.6 Å². The lowest BCUT2D eigenvalue weighted by molar-refractivity contribution is -0.118. The summed E-state index contributed by atoms with van der Waals surface area (Å²) < 4.78 is 28.0. The third kappa shape index (κ3) is 2.93. The molecule has 1 N–H and O–H groups in total. The van der Waals surface area contributed by atoms with E-state index >= 15 is 0 Å². The Balaban J connectivity index is 1.51. The minimum Gasteiger partial charge on any atom is -0.326 e. The number of benzene rings is 2. The van der Waals surface area contributed by atoms with Crippen molar-refractivity contribution in [2.75, 3.05) is 16.3 Å². The number of para-hydroxylation sites is 2. The van der Waals surface area contributed by atoms with Gasteiger partial charge < -0.3 is 10.2 Å². The van der Waals surface area contributed by atoms with Crippen LogP contribution in [0.25, 0.3) is 0 Å². The highest BCUT2D eigenvalue weighted by molar-refractivity contribution is 6.03. The molecule has 0 aromatic heterocycles. The Hall–Kier alpha value is -2.96. The number of carbonyl (C=O) groups excluding carboxylic acids is 2. The molecule has 7 heteroatoms. The fourth-order valence-corrected chi connectivity index (χ4v) is 3.88. The Labute approximate surface area is 155 Å². The number of amides is 3. The number of nitrogens with one attached hydrogen (secondary N) is 1. The minimum absolute atomic E-state index is 0.0287. The Morgan fingerprint density at radius 1 is 1.11 bits per heavy atom. The molecule has 3 amide bonds. The van der Waals surface area contributed by atoms with Crippen LogP contribution in [0.4, 0.5) is 25.0 Å². The predicted octanol–water partition coefficient (Wildman–Crippen LogP) is 3.23. The van der Waals surface area contributed by atoms with E-state index in [-0.39, 0.29) is 24.3 Å². The Bertz CT molecular complexity index is 898. The van der Waals surface area contributed by atoms with Gasteiger partial charge in [0.2, 0.25) is 5.91 Å². The molecule has 0 radical (unpaired) electrons. The maximum absolute atomic E-state index is 14.0. The molecule has 2 aliphatic heterocycles. The van der Waals surface area contributed by atoms with Gasteiger partial charge in [0.25, 0.3) is 0 Å². The lowest BCUT2D eigenvalue weighted by Crippen LogP contribution is -2.50. The summed E-state index contributed by atoms with van der Waals surface area (Å²) in [6, 6.07) is 9.89. The molecule has 1 fully saturated rings. The van der Waals surface area contributed by atoms with Crippen molar-refractivity contribution >= 4 is 23.3 Å². The molecule has 2 aromatic carbocycles. The first-order valence-corrected chi connectivity index (χ1v) is 8.90. The average Bonchev–Trinajstić information content (AvgIpc) is 3.15. The summed E-state index contributed by atoms with van der Waals surface area (Å²) in [4.78, 5) is 28.1. The van der Waals surface area contributed by atoms with Crippen LogP contribution in [0.5, 0.6) is 0 Å². The van der Waals surface area contributed by atoms with Gasteiger partial charge in [-0.3, -0.25) is 9.69 Å². The van der Waals surface area contributed by atoms with Gasteiger partial charge in [0.05, 0.1) is 0 Å². The Morgan fingerprint density at radius 2 is 1.81 bits per heavy atom. The van der Waals surface area contributed by atoms with Crippen molar-refractivity contribution in [3.8, 4) is 0 Å². The highest BCUT2D eigenvalue weighted by Crippen LogP contribution is 2.32. The third-order valence-corrected chi connectivity index (χ3v) is 5.14. The first kappa shape index (κ1) is 17.5. The number of anilines is 2. The summed E-state index contributed by atoms with van der Waals surface area (Å²) in [7, 11) is 0. The van der Waals surface area contributed by atoms with E-state index in [0.29, 0.717) is 6.42 Å². The van der Waals surface area contributed by atoms with Gasteiger partial charge in [0, 0.05) is 18.3 Å². The van der Waals surface area contributed by atoms with E-state index in [1.165, 1.54) is 6.07 Å². The first-order valence-electron chi connectivity index (χ1n) is 8.90. The molecule has 2 aromatic rings. The standard InChI is InChI=1S/C20H19F2N3O2/c1-12-11-13-5-2-3-8-17(13)25(12)20(27)23-16-9-10-24(19(16)26)18-14(21)6-4-7-15(18)22/h2-8,12,16H,9-11H2,1H3,(H,23,27). The summed E-state index contributed by atoms with van der Waals surface area (Å²) in [5.41, 5.74) is 1.54. The monoisotopic (exact) mass is 371 g/mol. The lowest BCUT2D eigenvalue weighted by Gasteiger charge is -2.25. The molecule has 2 atom stereocenters. The van der Waals surface area contributed by atoms with E-state index in [0.717, 1.165) is 34.7 Å². The van der Waals surface area contributed by atoms with Crippen LogP contribution in [0, 0.1) is 11.6 Å². The number of hydrogen-bond acceptors (Lipinski definition) is 2. The van der Waals surface area contributed by atoms with Crippen molar-refractivity contribution in [1.29, 1.82) is 0 Å². The molecule has 0 spiro atoms. The SMILES string of the molecule is CC1Cc2ccccc2N1C(=O)NC1CCN(c2c(F)cccc2F)C1=O. The normalized spacial score (nSPS) is 21.5. The van der Waals surface area contributed by atoms with Crippen LogP contribution < -0.4 is 15.1 Å². The van der Waals surface area contributed by atoms with Gasteiger partial charge in [-0.1, -0.05) is 24.3 Å². The molecule has 2 aliphatic rings. The molecule has 5 nitrogen and oxygen atoms in total. The number of hydrogen-bond donors (Lipinski definition) is 1. The van der Waals surface area contributed by atoms with Gasteiger partial charge in [0.1, 0.15) is 23.4 Å². The molecule has 2 heterocycles. The van der Waals surface area contributed by atoms with E-state index in [2.05, 4.69) is 5.32 Å².